The SMILES string of the molecule is OC(OC[C@H]1O[C@H](O)[C@H](O)[C@@H](O)[C@@H]1O)C(Cl)(Cl)Cl. The van der Waals surface area contributed by atoms with E-state index in [2.05, 4.69) is 0 Å². The minimum atomic E-state index is -2.09. The summed E-state index contributed by atoms with van der Waals surface area (Å²) >= 11 is 16.0. The Morgan fingerprint density at radius 3 is 2.11 bits per heavy atom. The molecule has 0 aromatic heterocycles. The van der Waals surface area contributed by atoms with E-state index >= 15 is 0 Å². The highest BCUT2D eigenvalue weighted by atomic mass is 35.6. The lowest BCUT2D eigenvalue weighted by Gasteiger charge is -2.38. The van der Waals surface area contributed by atoms with Crippen molar-refractivity contribution in [2.75, 3.05) is 6.61 Å². The lowest BCUT2D eigenvalue weighted by molar-refractivity contribution is -0.294. The number of rotatable bonds is 3. The van der Waals surface area contributed by atoms with Crippen molar-refractivity contribution in [1.29, 1.82) is 0 Å². The molecule has 6 atom stereocenters. The Hall–Kier alpha value is 0.590. The summed E-state index contributed by atoms with van der Waals surface area (Å²) in [4.78, 5) is 0. The van der Waals surface area contributed by atoms with Crippen molar-refractivity contribution in [1.82, 2.24) is 0 Å². The second-order valence-corrected chi connectivity index (χ2v) is 6.13. The highest BCUT2D eigenvalue weighted by Crippen LogP contribution is 2.31. The average Bonchev–Trinajstić information content (AvgIpc) is 2.27. The molecule has 5 N–H and O–H groups in total. The van der Waals surface area contributed by atoms with Gasteiger partial charge in [-0.05, 0) is 0 Å². The third kappa shape index (κ3) is 4.04. The average molecular weight is 328 g/mol. The van der Waals surface area contributed by atoms with Crippen LogP contribution in [0, 0.1) is 0 Å². The number of halogens is 3. The highest BCUT2D eigenvalue weighted by Gasteiger charge is 2.44. The van der Waals surface area contributed by atoms with Crippen molar-refractivity contribution in [2.24, 2.45) is 0 Å². The molecule has 10 heteroatoms. The maximum Gasteiger partial charge on any atom is 0.240 e. The van der Waals surface area contributed by atoms with Crippen molar-refractivity contribution in [3.63, 3.8) is 0 Å². The molecule has 1 heterocycles. The summed E-state index contributed by atoms with van der Waals surface area (Å²) in [7, 11) is 0. The summed E-state index contributed by atoms with van der Waals surface area (Å²) < 4.78 is 7.41. The molecule has 108 valence electrons. The molecule has 0 bridgehead atoms. The maximum atomic E-state index is 9.53. The first-order valence-electron chi connectivity index (χ1n) is 4.88. The lowest BCUT2D eigenvalue weighted by Crippen LogP contribution is -2.58. The van der Waals surface area contributed by atoms with Gasteiger partial charge >= 0.3 is 0 Å². The standard InChI is InChI=1S/C8H13Cl3O7/c9-8(10,11)7(16)17-1-2-3(12)4(13)5(14)6(15)18-2/h2-7,12-16H,1H2/t2-,3-,4+,5-,6+,7?/m1/s1. The van der Waals surface area contributed by atoms with Crippen LogP contribution in [0.5, 0.6) is 0 Å². The van der Waals surface area contributed by atoms with Gasteiger partial charge in [0.2, 0.25) is 10.1 Å². The van der Waals surface area contributed by atoms with Gasteiger partial charge in [-0.2, -0.15) is 0 Å². The van der Waals surface area contributed by atoms with E-state index in [9.17, 15) is 25.5 Å². The first kappa shape index (κ1) is 16.6. The van der Waals surface area contributed by atoms with Crippen LogP contribution in [0.25, 0.3) is 0 Å². The predicted octanol–water partition coefficient (Wildman–Crippen LogP) is -1.51. The van der Waals surface area contributed by atoms with Gasteiger partial charge in [0.1, 0.15) is 24.4 Å². The second kappa shape index (κ2) is 6.36. The van der Waals surface area contributed by atoms with Gasteiger partial charge in [-0.25, -0.2) is 0 Å². The van der Waals surface area contributed by atoms with E-state index < -0.39 is 47.4 Å². The smallest absolute Gasteiger partial charge is 0.240 e. The number of alkyl halides is 3. The lowest BCUT2D eigenvalue weighted by atomic mass is 9.99. The highest BCUT2D eigenvalue weighted by molar-refractivity contribution is 6.67. The van der Waals surface area contributed by atoms with E-state index in [1.807, 2.05) is 0 Å². The Labute approximate surface area is 117 Å². The topological polar surface area (TPSA) is 120 Å². The molecule has 0 amide bonds. The molecule has 0 aliphatic carbocycles. The predicted molar refractivity (Wildman–Crippen MR) is 61.1 cm³/mol. The van der Waals surface area contributed by atoms with Crippen LogP contribution in [0.2, 0.25) is 0 Å². The van der Waals surface area contributed by atoms with Crippen LogP contribution in [0.15, 0.2) is 0 Å². The molecular weight excluding hydrogens is 314 g/mol. The van der Waals surface area contributed by atoms with Crippen LogP contribution in [-0.2, 0) is 9.47 Å². The molecule has 0 spiro atoms. The summed E-state index contributed by atoms with van der Waals surface area (Å²) in [6.45, 7) is -0.461. The van der Waals surface area contributed by atoms with Crippen LogP contribution in [0.3, 0.4) is 0 Å². The summed E-state index contributed by atoms with van der Waals surface area (Å²) in [5.41, 5.74) is 0. The maximum absolute atomic E-state index is 9.53. The van der Waals surface area contributed by atoms with Gasteiger partial charge in [-0.1, -0.05) is 34.8 Å². The molecule has 1 fully saturated rings. The minimum Gasteiger partial charge on any atom is -0.387 e. The quantitative estimate of drug-likeness (QED) is 0.316. The van der Waals surface area contributed by atoms with Gasteiger partial charge in [0, 0.05) is 0 Å². The molecule has 0 aromatic rings. The Kier molecular flexibility index (Phi) is 5.88. The van der Waals surface area contributed by atoms with Crippen LogP contribution < -0.4 is 0 Å². The van der Waals surface area contributed by atoms with Crippen molar-refractivity contribution in [3.05, 3.63) is 0 Å². The zero-order valence-corrected chi connectivity index (χ0v) is 11.1. The van der Waals surface area contributed by atoms with E-state index in [1.54, 1.807) is 0 Å². The van der Waals surface area contributed by atoms with Gasteiger partial charge in [0.25, 0.3) is 0 Å². The first-order valence-corrected chi connectivity index (χ1v) is 6.02. The largest absolute Gasteiger partial charge is 0.387 e. The summed E-state index contributed by atoms with van der Waals surface area (Å²) in [6.07, 6.45) is -9.45. The van der Waals surface area contributed by atoms with Gasteiger partial charge < -0.3 is 35.0 Å². The molecule has 18 heavy (non-hydrogen) atoms. The van der Waals surface area contributed by atoms with Gasteiger partial charge in [-0.15, -0.1) is 0 Å². The molecule has 1 unspecified atom stereocenters. The summed E-state index contributed by atoms with van der Waals surface area (Å²) in [5.74, 6) is 0. The number of hydrogen-bond acceptors (Lipinski definition) is 7. The molecule has 1 saturated heterocycles. The fourth-order valence-corrected chi connectivity index (χ4v) is 1.54. The Bertz CT molecular complexity index is 274. The Morgan fingerprint density at radius 2 is 1.61 bits per heavy atom. The van der Waals surface area contributed by atoms with Gasteiger partial charge in [-0.3, -0.25) is 0 Å². The van der Waals surface area contributed by atoms with Crippen molar-refractivity contribution in [3.8, 4) is 0 Å². The van der Waals surface area contributed by atoms with Crippen LogP contribution in [0.4, 0.5) is 0 Å². The Balaban J connectivity index is 2.52. The van der Waals surface area contributed by atoms with Crippen LogP contribution >= 0.6 is 34.8 Å². The normalized spacial score (nSPS) is 39.7. The number of aliphatic hydroxyl groups is 5. The third-order valence-corrected chi connectivity index (χ3v) is 2.95. The van der Waals surface area contributed by atoms with E-state index in [4.69, 9.17) is 44.3 Å². The molecule has 0 saturated carbocycles. The van der Waals surface area contributed by atoms with Crippen LogP contribution in [0.1, 0.15) is 0 Å². The van der Waals surface area contributed by atoms with Crippen LogP contribution in [-0.4, -0.2) is 72.9 Å². The molecule has 1 rings (SSSR count). The van der Waals surface area contributed by atoms with Crippen molar-refractivity contribution >= 4 is 34.8 Å². The van der Waals surface area contributed by atoms with E-state index in [0.717, 1.165) is 0 Å². The van der Waals surface area contributed by atoms with E-state index in [-0.39, 0.29) is 0 Å². The molecule has 1 aliphatic heterocycles. The zero-order valence-electron chi connectivity index (χ0n) is 8.86. The monoisotopic (exact) mass is 326 g/mol. The number of ether oxygens (including phenoxy) is 2. The molecule has 0 aromatic carbocycles. The third-order valence-electron chi connectivity index (χ3n) is 2.39. The summed E-state index contributed by atoms with van der Waals surface area (Å²) in [5, 5.41) is 46.6. The molecule has 0 radical (unpaired) electrons. The fraction of sp³-hybridized carbons (Fsp3) is 1.00. The van der Waals surface area contributed by atoms with E-state index in [1.165, 1.54) is 0 Å². The number of aliphatic hydroxyl groups excluding tert-OH is 5. The van der Waals surface area contributed by atoms with Crippen molar-refractivity contribution in [2.45, 2.75) is 40.8 Å². The van der Waals surface area contributed by atoms with E-state index in [0.29, 0.717) is 0 Å². The Morgan fingerprint density at radius 1 is 1.06 bits per heavy atom. The van der Waals surface area contributed by atoms with Crippen molar-refractivity contribution < 1.29 is 35.0 Å². The van der Waals surface area contributed by atoms with Gasteiger partial charge in [0.15, 0.2) is 6.29 Å². The minimum absolute atomic E-state index is 0.461. The molecule has 7 nitrogen and oxygen atoms in total. The first-order chi connectivity index (χ1) is 8.14. The number of hydrogen-bond donors (Lipinski definition) is 5. The fourth-order valence-electron chi connectivity index (χ4n) is 1.35. The second-order valence-electron chi connectivity index (χ2n) is 3.76. The molecular formula is C8H13Cl3O7. The zero-order chi connectivity index (χ0) is 14.1. The summed E-state index contributed by atoms with van der Waals surface area (Å²) in [6, 6.07) is 0. The van der Waals surface area contributed by atoms with Gasteiger partial charge in [0.05, 0.1) is 6.61 Å². The molecule has 1 aliphatic rings.